The molecule has 9 aromatic heterocycles. The van der Waals surface area contributed by atoms with Crippen LogP contribution in [-0.2, 0) is 0 Å². The van der Waals surface area contributed by atoms with Gasteiger partial charge in [0.15, 0.2) is 0 Å². The number of thiophene rings is 1. The fraction of sp³-hybridized carbons (Fsp3) is 0. The minimum atomic E-state index is 0.665. The van der Waals surface area contributed by atoms with Crippen molar-refractivity contribution >= 4 is 195 Å². The third-order valence-electron chi connectivity index (χ3n) is 28.1. The SMILES string of the molecule is c1ccc(-c2nc(-n3c4ccccc4c4c5ccc6c(c5ccc43)c3ccccc3n6-c3ccccc3)nc3ccccc23)cc1.c1ccc(-c2nc(-n3c4ccccc4c4cc(-c5ccc6c(c5)c5c7ccccc7ccc5n6-c5ccccc5)ccc43)nc3ccccc23)cc1.c1ccc(-c2nc(-n3c4ccccc4c4ccc(-c5cccc6c5sc5ccccc56)cc43)nc3ccccc23)cc1. The molecule has 0 N–H and O–H groups in total. The number of nitrogens with zero attached hydrogens (tertiary/aromatic N) is 11. The van der Waals surface area contributed by atoms with Crippen molar-refractivity contribution in [2.45, 2.75) is 0 Å². The van der Waals surface area contributed by atoms with Crippen molar-refractivity contribution in [3.05, 3.63) is 479 Å². The summed E-state index contributed by atoms with van der Waals surface area (Å²) in [5.74, 6) is 2.01. The summed E-state index contributed by atoms with van der Waals surface area (Å²) in [7, 11) is 0. The van der Waals surface area contributed by atoms with Gasteiger partial charge in [-0.3, -0.25) is 13.7 Å². The van der Waals surface area contributed by atoms with Crippen molar-refractivity contribution < 1.29 is 0 Å². The Morgan fingerprint density at radius 2 is 0.493 bits per heavy atom. The number of aromatic nitrogens is 11. The topological polar surface area (TPSA) is 102 Å². The van der Waals surface area contributed by atoms with Gasteiger partial charge in [0.1, 0.15) is 0 Å². The Kier molecular flexibility index (Phi) is 18.6. The van der Waals surface area contributed by atoms with Crippen LogP contribution < -0.4 is 0 Å². The molecule has 0 bridgehead atoms. The fourth-order valence-electron chi connectivity index (χ4n) is 21.9. The molecule has 652 valence electrons. The van der Waals surface area contributed by atoms with E-state index < -0.39 is 0 Å². The standard InChI is InChI=1S/C48H30N4.C42H26N4.C38H23N3S/c1-3-14-32(15-4-1)47-38-20-9-11-21-41(38)49-48(50-47)52-42-22-12-10-19-37(42)39-29-33(24-26-43(39)52)34-25-27-44-40(30-34)46-36-18-8-7-13-31(36)23-28-45(46)51(44)35-16-5-2-6-17-35;1-3-13-27(14-4-1)41-31-17-7-10-20-34(31)43-42(44-41)46-36-22-12-9-19-33(36)40-30-23-25-37-39(29(30)24-26-38(40)46)32-18-8-11-21-35(32)45(37)28-15-5-2-6-16-28;1-2-11-24(12-3-1)36-31-15-4-7-18-32(31)39-38(40-36)41-33-19-8-5-13-27(33)28-22-21-25(23-34(28)41)26-16-10-17-30-29-14-6-9-20-35(29)42-37(26)30/h1-30H;1-26H;1-23H. The molecule has 30 aromatic rings. The first-order valence-corrected chi connectivity index (χ1v) is 48.2. The van der Waals surface area contributed by atoms with E-state index in [0.717, 1.165) is 111 Å². The monoisotopic (exact) mass is 1800 g/mol. The quantitative estimate of drug-likeness (QED) is 0.135. The summed E-state index contributed by atoms with van der Waals surface area (Å²) >= 11 is 1.86. The molecule has 11 nitrogen and oxygen atoms in total. The number of rotatable bonds is 10. The van der Waals surface area contributed by atoms with Crippen LogP contribution in [-0.4, -0.2) is 52.7 Å². The van der Waals surface area contributed by atoms with Gasteiger partial charge in [-0.05, 0) is 165 Å². The first-order chi connectivity index (χ1) is 69.5. The van der Waals surface area contributed by atoms with Gasteiger partial charge in [-0.2, -0.15) is 0 Å². The molecule has 0 aliphatic carbocycles. The summed E-state index contributed by atoms with van der Waals surface area (Å²) in [4.78, 5) is 31.2. The summed E-state index contributed by atoms with van der Waals surface area (Å²) in [6, 6.07) is 170. The number of hydrogen-bond acceptors (Lipinski definition) is 7. The zero-order valence-electron chi connectivity index (χ0n) is 75.4. The minimum Gasteiger partial charge on any atom is -0.309 e. The number of hydrogen-bond donors (Lipinski definition) is 0. The molecule has 0 fully saturated rings. The van der Waals surface area contributed by atoms with Crippen LogP contribution in [0.2, 0.25) is 0 Å². The molecule has 0 unspecified atom stereocenters. The van der Waals surface area contributed by atoms with Crippen molar-refractivity contribution in [2.24, 2.45) is 0 Å². The zero-order valence-corrected chi connectivity index (χ0v) is 76.3. The molecule has 0 saturated carbocycles. The predicted octanol–water partition coefficient (Wildman–Crippen LogP) is 33.4. The van der Waals surface area contributed by atoms with E-state index in [1.54, 1.807) is 0 Å². The Hall–Kier alpha value is -18.6. The second-order valence-electron chi connectivity index (χ2n) is 35.9. The average Bonchev–Trinajstić information content (AvgIpc) is 1.54. The third-order valence-corrected chi connectivity index (χ3v) is 29.3. The van der Waals surface area contributed by atoms with Gasteiger partial charge in [-0.25, -0.2) is 29.9 Å². The molecule has 0 aliphatic heterocycles. The summed E-state index contributed by atoms with van der Waals surface area (Å²) in [5.41, 5.74) is 27.2. The van der Waals surface area contributed by atoms with Crippen LogP contribution in [0.3, 0.4) is 0 Å². The van der Waals surface area contributed by atoms with Gasteiger partial charge in [0, 0.05) is 118 Å². The molecule has 0 saturated heterocycles. The second kappa shape index (κ2) is 32.6. The molecule has 0 atom stereocenters. The highest BCUT2D eigenvalue weighted by molar-refractivity contribution is 7.26. The maximum atomic E-state index is 5.27. The van der Waals surface area contributed by atoms with Gasteiger partial charge in [0.05, 0.1) is 88.8 Å². The first-order valence-electron chi connectivity index (χ1n) is 47.4. The summed E-state index contributed by atoms with van der Waals surface area (Å²) < 4.78 is 14.1. The Bertz CT molecular complexity index is 10300. The van der Waals surface area contributed by atoms with Crippen molar-refractivity contribution in [3.63, 3.8) is 0 Å². The van der Waals surface area contributed by atoms with E-state index in [9.17, 15) is 0 Å². The van der Waals surface area contributed by atoms with Crippen molar-refractivity contribution in [1.82, 2.24) is 52.7 Å². The lowest BCUT2D eigenvalue weighted by molar-refractivity contribution is 1.01. The van der Waals surface area contributed by atoms with E-state index in [0.29, 0.717) is 17.8 Å². The highest BCUT2D eigenvalue weighted by atomic mass is 32.1. The number of para-hydroxylation sites is 9. The Morgan fingerprint density at radius 1 is 0.164 bits per heavy atom. The lowest BCUT2D eigenvalue weighted by Crippen LogP contribution is -2.03. The Labute approximate surface area is 806 Å². The van der Waals surface area contributed by atoms with Gasteiger partial charge in [0.2, 0.25) is 17.8 Å². The Balaban J connectivity index is 0.000000104. The van der Waals surface area contributed by atoms with Gasteiger partial charge < -0.3 is 9.13 Å². The lowest BCUT2D eigenvalue weighted by Gasteiger charge is -2.12. The molecule has 9 heterocycles. The normalized spacial score (nSPS) is 11.9. The van der Waals surface area contributed by atoms with Crippen LogP contribution in [0.15, 0.2) is 479 Å². The molecule has 0 radical (unpaired) electrons. The molecule has 0 aliphatic rings. The van der Waals surface area contributed by atoms with Crippen molar-refractivity contribution in [3.8, 4) is 85.2 Å². The van der Waals surface area contributed by atoms with Gasteiger partial charge in [-0.15, -0.1) is 11.3 Å². The largest absolute Gasteiger partial charge is 0.309 e. The van der Waals surface area contributed by atoms with Gasteiger partial charge in [-0.1, -0.05) is 358 Å². The van der Waals surface area contributed by atoms with Crippen LogP contribution >= 0.6 is 11.3 Å². The van der Waals surface area contributed by atoms with E-state index in [4.69, 9.17) is 29.9 Å². The van der Waals surface area contributed by atoms with E-state index in [1.165, 1.54) is 140 Å². The number of fused-ring (bicyclic) bond motifs is 26. The fourth-order valence-corrected chi connectivity index (χ4v) is 23.1. The third kappa shape index (κ3) is 12.9. The van der Waals surface area contributed by atoms with E-state index in [2.05, 4.69) is 466 Å². The lowest BCUT2D eigenvalue weighted by atomic mass is 9.99. The predicted molar refractivity (Wildman–Crippen MR) is 585 cm³/mol. The molecule has 0 spiro atoms. The van der Waals surface area contributed by atoms with Gasteiger partial charge in [0.25, 0.3) is 0 Å². The smallest absolute Gasteiger partial charge is 0.235 e. The molecule has 12 heteroatoms. The molecule has 140 heavy (non-hydrogen) atoms. The summed E-state index contributed by atoms with van der Waals surface area (Å²) in [6.07, 6.45) is 0. The van der Waals surface area contributed by atoms with Crippen molar-refractivity contribution in [2.75, 3.05) is 0 Å². The highest BCUT2D eigenvalue weighted by Crippen LogP contribution is 2.48. The number of benzene rings is 21. The average molecular weight is 1800 g/mol. The van der Waals surface area contributed by atoms with Gasteiger partial charge >= 0.3 is 0 Å². The molecular weight excluding hydrogens is 1720 g/mol. The van der Waals surface area contributed by atoms with Crippen molar-refractivity contribution in [1.29, 1.82) is 0 Å². The highest BCUT2D eigenvalue weighted by Gasteiger charge is 2.27. The summed E-state index contributed by atoms with van der Waals surface area (Å²) in [5, 5.41) is 22.9. The summed E-state index contributed by atoms with van der Waals surface area (Å²) in [6.45, 7) is 0. The van der Waals surface area contributed by atoms with Crippen LogP contribution in [0, 0.1) is 0 Å². The zero-order chi connectivity index (χ0) is 92.0. The maximum Gasteiger partial charge on any atom is 0.235 e. The first kappa shape index (κ1) is 79.9. The van der Waals surface area contributed by atoms with Crippen LogP contribution in [0.4, 0.5) is 0 Å². The van der Waals surface area contributed by atoms with E-state index >= 15 is 0 Å². The molecule has 0 amide bonds. The molecule has 30 rings (SSSR count). The molecular formula is C128H79N11S. The molecule has 21 aromatic carbocycles. The van der Waals surface area contributed by atoms with Crippen LogP contribution in [0.25, 0.3) is 269 Å². The maximum absolute atomic E-state index is 5.27. The van der Waals surface area contributed by atoms with E-state index in [-0.39, 0.29) is 0 Å². The second-order valence-corrected chi connectivity index (χ2v) is 36.9. The van der Waals surface area contributed by atoms with E-state index in [1.807, 2.05) is 47.7 Å². The Morgan fingerprint density at radius 3 is 1.01 bits per heavy atom. The van der Waals surface area contributed by atoms with Crippen LogP contribution in [0.1, 0.15) is 0 Å². The minimum absolute atomic E-state index is 0.665. The van der Waals surface area contributed by atoms with Crippen LogP contribution in [0.5, 0.6) is 0 Å².